The second-order valence-electron chi connectivity index (χ2n) is 5.33. The summed E-state index contributed by atoms with van der Waals surface area (Å²) in [7, 11) is 0. The van der Waals surface area contributed by atoms with Gasteiger partial charge in [0.1, 0.15) is 5.75 Å². The molecule has 21 heavy (non-hydrogen) atoms. The van der Waals surface area contributed by atoms with E-state index in [9.17, 15) is 5.11 Å². The summed E-state index contributed by atoms with van der Waals surface area (Å²) >= 11 is 6.12. The van der Waals surface area contributed by atoms with Crippen LogP contribution in [0.4, 0.5) is 0 Å². The number of benzene rings is 2. The highest BCUT2D eigenvalue weighted by Gasteiger charge is 2.13. The maximum atomic E-state index is 9.62. The van der Waals surface area contributed by atoms with Gasteiger partial charge >= 0.3 is 0 Å². The molecule has 0 amide bonds. The van der Waals surface area contributed by atoms with Crippen LogP contribution in [0.15, 0.2) is 48.5 Å². The van der Waals surface area contributed by atoms with Crippen LogP contribution in [0.5, 0.6) is 5.75 Å². The lowest BCUT2D eigenvalue weighted by Gasteiger charge is -2.19. The standard InChI is InChI=1S/C18H22ClNO/c1-2-9-20-13-16(15-6-4-7-17(19)12-15)10-14-5-3-8-18(21)11-14/h3-8,11-12,16,20-21H,2,9-10,13H2,1H3. The van der Waals surface area contributed by atoms with Crippen molar-refractivity contribution in [3.05, 3.63) is 64.7 Å². The molecule has 0 aliphatic rings. The first-order valence-corrected chi connectivity index (χ1v) is 7.81. The highest BCUT2D eigenvalue weighted by Crippen LogP contribution is 2.24. The Morgan fingerprint density at radius 2 is 1.95 bits per heavy atom. The Morgan fingerprint density at radius 3 is 2.67 bits per heavy atom. The van der Waals surface area contributed by atoms with E-state index in [-0.39, 0.29) is 0 Å². The fourth-order valence-corrected chi connectivity index (χ4v) is 2.69. The molecule has 0 aliphatic carbocycles. The van der Waals surface area contributed by atoms with E-state index in [1.54, 1.807) is 6.07 Å². The summed E-state index contributed by atoms with van der Waals surface area (Å²) in [4.78, 5) is 0. The predicted molar refractivity (Wildman–Crippen MR) is 89.2 cm³/mol. The van der Waals surface area contributed by atoms with E-state index in [1.165, 1.54) is 5.56 Å². The van der Waals surface area contributed by atoms with Crippen molar-refractivity contribution in [2.45, 2.75) is 25.7 Å². The van der Waals surface area contributed by atoms with E-state index >= 15 is 0 Å². The molecule has 0 aromatic heterocycles. The highest BCUT2D eigenvalue weighted by atomic mass is 35.5. The minimum absolute atomic E-state index is 0.318. The Kier molecular flexibility index (Phi) is 6.09. The first kappa shape index (κ1) is 15.9. The summed E-state index contributed by atoms with van der Waals surface area (Å²) in [6.45, 7) is 4.08. The van der Waals surface area contributed by atoms with Gasteiger partial charge < -0.3 is 10.4 Å². The molecule has 3 heteroatoms. The number of phenols is 1. The largest absolute Gasteiger partial charge is 0.508 e. The fraction of sp³-hybridized carbons (Fsp3) is 0.333. The van der Waals surface area contributed by atoms with Gasteiger partial charge in [-0.15, -0.1) is 0 Å². The molecule has 1 unspecified atom stereocenters. The second kappa shape index (κ2) is 8.06. The third kappa shape index (κ3) is 5.07. The molecular weight excluding hydrogens is 282 g/mol. The van der Waals surface area contributed by atoms with Crippen LogP contribution in [-0.2, 0) is 6.42 Å². The molecule has 0 saturated heterocycles. The molecule has 2 rings (SSSR count). The van der Waals surface area contributed by atoms with Gasteiger partial charge in [0, 0.05) is 17.5 Å². The number of phenolic OH excluding ortho intramolecular Hbond substituents is 1. The molecule has 112 valence electrons. The molecule has 0 aliphatic heterocycles. The molecule has 2 aromatic carbocycles. The SMILES string of the molecule is CCCNCC(Cc1cccc(O)c1)c1cccc(Cl)c1. The zero-order valence-corrected chi connectivity index (χ0v) is 13.1. The third-order valence-electron chi connectivity index (χ3n) is 3.53. The predicted octanol–water partition coefficient (Wildman–Crippen LogP) is 4.37. The van der Waals surface area contributed by atoms with Gasteiger partial charge in [-0.2, -0.15) is 0 Å². The molecule has 2 aromatic rings. The molecule has 2 N–H and O–H groups in total. The fourth-order valence-electron chi connectivity index (χ4n) is 2.49. The number of hydrogen-bond donors (Lipinski definition) is 2. The number of rotatable bonds is 7. The quantitative estimate of drug-likeness (QED) is 0.744. The summed E-state index contributed by atoms with van der Waals surface area (Å²) < 4.78 is 0. The summed E-state index contributed by atoms with van der Waals surface area (Å²) in [6.07, 6.45) is 2.00. The van der Waals surface area contributed by atoms with Gasteiger partial charge in [0.05, 0.1) is 0 Å². The van der Waals surface area contributed by atoms with Gasteiger partial charge in [-0.25, -0.2) is 0 Å². The van der Waals surface area contributed by atoms with E-state index in [0.717, 1.165) is 36.5 Å². The molecule has 0 radical (unpaired) electrons. The van der Waals surface area contributed by atoms with Crippen LogP contribution >= 0.6 is 11.6 Å². The van der Waals surface area contributed by atoms with Crippen LogP contribution in [0.3, 0.4) is 0 Å². The van der Waals surface area contributed by atoms with Gasteiger partial charge in [-0.05, 0) is 54.8 Å². The van der Waals surface area contributed by atoms with Crippen LogP contribution in [0.2, 0.25) is 5.02 Å². The maximum Gasteiger partial charge on any atom is 0.115 e. The van der Waals surface area contributed by atoms with Crippen molar-refractivity contribution in [1.29, 1.82) is 0 Å². The number of hydrogen-bond acceptors (Lipinski definition) is 2. The highest BCUT2D eigenvalue weighted by molar-refractivity contribution is 6.30. The summed E-state index contributed by atoms with van der Waals surface area (Å²) in [6, 6.07) is 15.5. The van der Waals surface area contributed by atoms with Crippen molar-refractivity contribution < 1.29 is 5.11 Å². The van der Waals surface area contributed by atoms with Crippen molar-refractivity contribution >= 4 is 11.6 Å². The topological polar surface area (TPSA) is 32.3 Å². The van der Waals surface area contributed by atoms with Crippen molar-refractivity contribution in [1.82, 2.24) is 5.32 Å². The first-order chi connectivity index (χ1) is 10.2. The zero-order chi connectivity index (χ0) is 15.1. The minimum Gasteiger partial charge on any atom is -0.508 e. The van der Waals surface area contributed by atoms with Gasteiger partial charge in [0.15, 0.2) is 0 Å². The van der Waals surface area contributed by atoms with E-state index in [2.05, 4.69) is 24.4 Å². The Bertz CT molecular complexity index is 571. The van der Waals surface area contributed by atoms with Crippen molar-refractivity contribution in [3.63, 3.8) is 0 Å². The molecule has 0 spiro atoms. The van der Waals surface area contributed by atoms with Crippen LogP contribution in [0.1, 0.15) is 30.4 Å². The Balaban J connectivity index is 2.15. The smallest absolute Gasteiger partial charge is 0.115 e. The monoisotopic (exact) mass is 303 g/mol. The zero-order valence-electron chi connectivity index (χ0n) is 12.3. The first-order valence-electron chi connectivity index (χ1n) is 7.43. The third-order valence-corrected chi connectivity index (χ3v) is 3.77. The molecule has 0 heterocycles. The summed E-state index contributed by atoms with van der Waals surface area (Å²) in [5, 5.41) is 13.9. The van der Waals surface area contributed by atoms with Crippen molar-refractivity contribution in [2.24, 2.45) is 0 Å². The molecule has 0 bridgehead atoms. The van der Waals surface area contributed by atoms with E-state index in [0.29, 0.717) is 11.7 Å². The van der Waals surface area contributed by atoms with E-state index < -0.39 is 0 Å². The average Bonchev–Trinajstić information content (AvgIpc) is 2.46. The molecule has 0 saturated carbocycles. The molecule has 1 atom stereocenters. The number of halogens is 1. The lowest BCUT2D eigenvalue weighted by molar-refractivity contribution is 0.474. The van der Waals surface area contributed by atoms with E-state index in [1.807, 2.05) is 30.3 Å². The lowest BCUT2D eigenvalue weighted by Crippen LogP contribution is -2.23. The molecule has 0 fully saturated rings. The summed E-state index contributed by atoms with van der Waals surface area (Å²) in [5.74, 6) is 0.663. The van der Waals surface area contributed by atoms with Crippen LogP contribution in [0.25, 0.3) is 0 Å². The second-order valence-corrected chi connectivity index (χ2v) is 5.77. The summed E-state index contributed by atoms with van der Waals surface area (Å²) in [5.41, 5.74) is 2.37. The van der Waals surface area contributed by atoms with Gasteiger partial charge in [-0.1, -0.05) is 42.8 Å². The number of aromatic hydroxyl groups is 1. The molecule has 2 nitrogen and oxygen atoms in total. The van der Waals surface area contributed by atoms with Gasteiger partial charge in [-0.3, -0.25) is 0 Å². The normalized spacial score (nSPS) is 12.3. The van der Waals surface area contributed by atoms with Crippen molar-refractivity contribution in [3.8, 4) is 5.75 Å². The Morgan fingerprint density at radius 1 is 1.14 bits per heavy atom. The van der Waals surface area contributed by atoms with Gasteiger partial charge in [0.25, 0.3) is 0 Å². The molecular formula is C18H22ClNO. The van der Waals surface area contributed by atoms with Crippen molar-refractivity contribution in [2.75, 3.05) is 13.1 Å². The minimum atomic E-state index is 0.318. The van der Waals surface area contributed by atoms with Gasteiger partial charge in [0.2, 0.25) is 0 Å². The van der Waals surface area contributed by atoms with Crippen LogP contribution in [-0.4, -0.2) is 18.2 Å². The Hall–Kier alpha value is -1.51. The van der Waals surface area contributed by atoms with E-state index in [4.69, 9.17) is 11.6 Å². The average molecular weight is 304 g/mol. The Labute approximate surface area is 131 Å². The maximum absolute atomic E-state index is 9.62. The number of nitrogens with one attached hydrogen (secondary N) is 1. The van der Waals surface area contributed by atoms with Crippen LogP contribution in [0, 0.1) is 0 Å². The lowest BCUT2D eigenvalue weighted by atomic mass is 9.91. The van der Waals surface area contributed by atoms with Crippen LogP contribution < -0.4 is 5.32 Å².